The SMILES string of the molecule is CC(C)C(=O)Cc1ccon1. The van der Waals surface area contributed by atoms with Gasteiger partial charge in [0, 0.05) is 12.0 Å². The minimum absolute atomic E-state index is 0.0756. The number of Topliss-reactive ketones (excluding diaryl/α,β-unsaturated/α-hetero) is 1. The Morgan fingerprint density at radius 3 is 2.91 bits per heavy atom. The maximum Gasteiger partial charge on any atom is 0.141 e. The van der Waals surface area contributed by atoms with E-state index in [1.807, 2.05) is 13.8 Å². The van der Waals surface area contributed by atoms with E-state index in [-0.39, 0.29) is 11.7 Å². The highest BCUT2D eigenvalue weighted by molar-refractivity contribution is 5.82. The van der Waals surface area contributed by atoms with Crippen LogP contribution in [-0.4, -0.2) is 10.9 Å². The summed E-state index contributed by atoms with van der Waals surface area (Å²) in [6.45, 7) is 3.75. The van der Waals surface area contributed by atoms with Crippen molar-refractivity contribution in [3.8, 4) is 0 Å². The monoisotopic (exact) mass is 153 g/mol. The molecule has 0 radical (unpaired) electrons. The third-order valence-electron chi connectivity index (χ3n) is 1.49. The number of hydrogen-bond acceptors (Lipinski definition) is 3. The second-order valence-corrected chi connectivity index (χ2v) is 2.79. The molecule has 11 heavy (non-hydrogen) atoms. The molecule has 0 aliphatic carbocycles. The highest BCUT2D eigenvalue weighted by atomic mass is 16.5. The molecule has 0 aromatic carbocycles. The zero-order valence-corrected chi connectivity index (χ0v) is 6.70. The van der Waals surface area contributed by atoms with Gasteiger partial charge in [-0.2, -0.15) is 0 Å². The number of carbonyl (C=O) groups is 1. The first-order valence-electron chi connectivity index (χ1n) is 3.62. The number of hydrogen-bond donors (Lipinski definition) is 0. The summed E-state index contributed by atoms with van der Waals surface area (Å²) < 4.78 is 4.59. The van der Waals surface area contributed by atoms with Gasteiger partial charge in [0.05, 0.1) is 12.1 Å². The lowest BCUT2D eigenvalue weighted by molar-refractivity contribution is -0.121. The largest absolute Gasteiger partial charge is 0.364 e. The van der Waals surface area contributed by atoms with Gasteiger partial charge in [-0.05, 0) is 0 Å². The first kappa shape index (κ1) is 7.98. The van der Waals surface area contributed by atoms with Gasteiger partial charge in [-0.15, -0.1) is 0 Å². The van der Waals surface area contributed by atoms with Crippen molar-refractivity contribution in [1.82, 2.24) is 5.16 Å². The van der Waals surface area contributed by atoms with Gasteiger partial charge in [-0.25, -0.2) is 0 Å². The summed E-state index contributed by atoms with van der Waals surface area (Å²) in [5.74, 6) is 0.269. The van der Waals surface area contributed by atoms with Crippen LogP contribution in [0.15, 0.2) is 16.9 Å². The van der Waals surface area contributed by atoms with Crippen LogP contribution in [0.2, 0.25) is 0 Å². The average molecular weight is 153 g/mol. The van der Waals surface area contributed by atoms with Gasteiger partial charge < -0.3 is 4.52 Å². The van der Waals surface area contributed by atoms with E-state index in [2.05, 4.69) is 9.68 Å². The summed E-state index contributed by atoms with van der Waals surface area (Å²) in [4.78, 5) is 11.1. The molecule has 60 valence electrons. The van der Waals surface area contributed by atoms with E-state index < -0.39 is 0 Å². The summed E-state index contributed by atoms with van der Waals surface area (Å²) in [7, 11) is 0. The lowest BCUT2D eigenvalue weighted by atomic mass is 10.1. The van der Waals surface area contributed by atoms with Crippen molar-refractivity contribution in [1.29, 1.82) is 0 Å². The molecule has 1 aromatic rings. The molecule has 3 heteroatoms. The zero-order chi connectivity index (χ0) is 8.27. The van der Waals surface area contributed by atoms with Crippen LogP contribution in [0.1, 0.15) is 19.5 Å². The second-order valence-electron chi connectivity index (χ2n) is 2.79. The van der Waals surface area contributed by atoms with Crippen molar-refractivity contribution in [3.05, 3.63) is 18.0 Å². The molecule has 0 aliphatic heterocycles. The third kappa shape index (κ3) is 2.18. The minimum Gasteiger partial charge on any atom is -0.364 e. The van der Waals surface area contributed by atoms with Crippen molar-refractivity contribution in [2.45, 2.75) is 20.3 Å². The predicted molar refractivity (Wildman–Crippen MR) is 40.1 cm³/mol. The molecule has 0 unspecified atom stereocenters. The van der Waals surface area contributed by atoms with Crippen molar-refractivity contribution >= 4 is 5.78 Å². The van der Waals surface area contributed by atoms with Gasteiger partial charge >= 0.3 is 0 Å². The lowest BCUT2D eigenvalue weighted by Gasteiger charge is -1.99. The van der Waals surface area contributed by atoms with Crippen LogP contribution in [0.4, 0.5) is 0 Å². The van der Waals surface area contributed by atoms with Crippen molar-refractivity contribution in [2.24, 2.45) is 5.92 Å². The fraction of sp³-hybridized carbons (Fsp3) is 0.500. The Hall–Kier alpha value is -1.12. The van der Waals surface area contributed by atoms with E-state index in [0.29, 0.717) is 12.1 Å². The lowest BCUT2D eigenvalue weighted by Crippen LogP contribution is -2.10. The number of ketones is 1. The quantitative estimate of drug-likeness (QED) is 0.660. The zero-order valence-electron chi connectivity index (χ0n) is 6.70. The first-order valence-corrected chi connectivity index (χ1v) is 3.62. The Kier molecular flexibility index (Phi) is 2.41. The van der Waals surface area contributed by atoms with Crippen LogP contribution >= 0.6 is 0 Å². The molecule has 0 amide bonds. The molecule has 3 nitrogen and oxygen atoms in total. The van der Waals surface area contributed by atoms with Crippen LogP contribution in [0.25, 0.3) is 0 Å². The number of nitrogens with zero attached hydrogens (tertiary/aromatic N) is 1. The Morgan fingerprint density at radius 2 is 2.45 bits per heavy atom. The van der Waals surface area contributed by atoms with Gasteiger partial charge in [0.15, 0.2) is 0 Å². The first-order chi connectivity index (χ1) is 5.20. The topological polar surface area (TPSA) is 43.1 Å². The highest BCUT2D eigenvalue weighted by Gasteiger charge is 2.09. The Balaban J connectivity index is 2.50. The normalized spacial score (nSPS) is 10.5. The van der Waals surface area contributed by atoms with Gasteiger partial charge in [0.1, 0.15) is 12.0 Å². The van der Waals surface area contributed by atoms with Crippen LogP contribution in [0.5, 0.6) is 0 Å². The maximum absolute atomic E-state index is 11.1. The van der Waals surface area contributed by atoms with Gasteiger partial charge in [-0.3, -0.25) is 4.79 Å². The predicted octanol–water partition coefficient (Wildman–Crippen LogP) is 1.44. The molecule has 0 fully saturated rings. The van der Waals surface area contributed by atoms with Crippen molar-refractivity contribution in [2.75, 3.05) is 0 Å². The van der Waals surface area contributed by atoms with Crippen molar-refractivity contribution in [3.63, 3.8) is 0 Å². The molecule has 0 saturated heterocycles. The molecule has 1 aromatic heterocycles. The Morgan fingerprint density at radius 1 is 1.73 bits per heavy atom. The number of aromatic nitrogens is 1. The van der Waals surface area contributed by atoms with E-state index in [0.717, 1.165) is 0 Å². The molecule has 0 bridgehead atoms. The molecule has 0 aliphatic rings. The average Bonchev–Trinajstić information content (AvgIpc) is 2.39. The van der Waals surface area contributed by atoms with E-state index in [1.54, 1.807) is 6.07 Å². The van der Waals surface area contributed by atoms with Crippen molar-refractivity contribution < 1.29 is 9.32 Å². The Labute approximate surface area is 65.4 Å². The summed E-state index contributed by atoms with van der Waals surface area (Å²) in [5.41, 5.74) is 0.712. The van der Waals surface area contributed by atoms with Crippen LogP contribution in [-0.2, 0) is 11.2 Å². The van der Waals surface area contributed by atoms with Crippen LogP contribution in [0.3, 0.4) is 0 Å². The highest BCUT2D eigenvalue weighted by Crippen LogP contribution is 2.02. The van der Waals surface area contributed by atoms with E-state index >= 15 is 0 Å². The number of rotatable bonds is 3. The minimum atomic E-state index is 0.0756. The summed E-state index contributed by atoms with van der Waals surface area (Å²) in [5, 5.41) is 3.64. The second kappa shape index (κ2) is 3.32. The molecule has 0 atom stereocenters. The standard InChI is InChI=1S/C8H11NO2/c1-6(2)8(10)5-7-3-4-11-9-7/h3-4,6H,5H2,1-2H3. The van der Waals surface area contributed by atoms with Gasteiger partial charge in [0.25, 0.3) is 0 Å². The molecule has 0 saturated carbocycles. The van der Waals surface area contributed by atoms with Crippen LogP contribution < -0.4 is 0 Å². The summed E-state index contributed by atoms with van der Waals surface area (Å²) in [6, 6.07) is 1.71. The van der Waals surface area contributed by atoms with Gasteiger partial charge in [0.2, 0.25) is 0 Å². The smallest absolute Gasteiger partial charge is 0.141 e. The fourth-order valence-electron chi connectivity index (χ4n) is 0.711. The van der Waals surface area contributed by atoms with Crippen LogP contribution in [0, 0.1) is 5.92 Å². The molecule has 0 spiro atoms. The maximum atomic E-state index is 11.1. The van der Waals surface area contributed by atoms with Gasteiger partial charge in [-0.1, -0.05) is 19.0 Å². The van der Waals surface area contributed by atoms with E-state index in [4.69, 9.17) is 0 Å². The third-order valence-corrected chi connectivity index (χ3v) is 1.49. The molecule has 0 N–H and O–H groups in total. The Bertz CT molecular complexity index is 226. The number of carbonyl (C=O) groups excluding carboxylic acids is 1. The fourth-order valence-corrected chi connectivity index (χ4v) is 0.711. The molecular formula is C8H11NO2. The molecule has 1 rings (SSSR count). The van der Waals surface area contributed by atoms with E-state index in [1.165, 1.54) is 6.26 Å². The summed E-state index contributed by atoms with van der Waals surface area (Å²) >= 11 is 0. The van der Waals surface area contributed by atoms with E-state index in [9.17, 15) is 4.79 Å². The molecule has 1 heterocycles. The summed E-state index contributed by atoms with van der Waals surface area (Å²) in [6.07, 6.45) is 1.86. The molecular weight excluding hydrogens is 142 g/mol.